The lowest BCUT2D eigenvalue weighted by atomic mass is 9.97. The van der Waals surface area contributed by atoms with Gasteiger partial charge in [0.05, 0.1) is 0 Å². The van der Waals surface area contributed by atoms with Crippen LogP contribution in [0.4, 0.5) is 0 Å². The standard InChI is InChI=1S/C17H30N2O/c20-17(16(13-7-8-13)14-9-10-14)19-12-11-18-15-5-3-1-2-4-6-15/h13-16,18H,1-12H2,(H,19,20). The summed E-state index contributed by atoms with van der Waals surface area (Å²) in [4.78, 5) is 12.3. The second-order valence-electron chi connectivity index (χ2n) is 7.13. The highest BCUT2D eigenvalue weighted by molar-refractivity contribution is 5.80. The number of nitrogens with one attached hydrogen (secondary N) is 2. The van der Waals surface area contributed by atoms with Gasteiger partial charge in [-0.1, -0.05) is 25.7 Å². The van der Waals surface area contributed by atoms with E-state index in [0.29, 0.717) is 17.9 Å². The van der Waals surface area contributed by atoms with Crippen molar-refractivity contribution in [3.8, 4) is 0 Å². The van der Waals surface area contributed by atoms with Gasteiger partial charge in [-0.05, 0) is 50.4 Å². The van der Waals surface area contributed by atoms with Gasteiger partial charge in [0, 0.05) is 25.0 Å². The third-order valence-electron chi connectivity index (χ3n) is 5.27. The number of hydrogen-bond donors (Lipinski definition) is 2. The van der Waals surface area contributed by atoms with Crippen LogP contribution in [0.25, 0.3) is 0 Å². The van der Waals surface area contributed by atoms with E-state index in [1.807, 2.05) is 0 Å². The minimum absolute atomic E-state index is 0.345. The first kappa shape index (κ1) is 14.4. The normalized spacial score (nSPS) is 24.6. The highest BCUT2D eigenvalue weighted by Gasteiger charge is 2.45. The second kappa shape index (κ2) is 6.93. The minimum atomic E-state index is 0.345. The van der Waals surface area contributed by atoms with Gasteiger partial charge in [-0.15, -0.1) is 0 Å². The van der Waals surface area contributed by atoms with Crippen LogP contribution in [0, 0.1) is 17.8 Å². The number of carbonyl (C=O) groups excluding carboxylic acids is 1. The van der Waals surface area contributed by atoms with Crippen LogP contribution in [0.5, 0.6) is 0 Å². The van der Waals surface area contributed by atoms with Crippen LogP contribution >= 0.6 is 0 Å². The lowest BCUT2D eigenvalue weighted by Crippen LogP contribution is -2.40. The monoisotopic (exact) mass is 278 g/mol. The van der Waals surface area contributed by atoms with Crippen molar-refractivity contribution in [2.24, 2.45) is 17.8 Å². The van der Waals surface area contributed by atoms with E-state index in [0.717, 1.165) is 24.9 Å². The molecular weight excluding hydrogens is 248 g/mol. The molecule has 114 valence electrons. The largest absolute Gasteiger partial charge is 0.355 e. The number of carbonyl (C=O) groups is 1. The molecule has 3 nitrogen and oxygen atoms in total. The minimum Gasteiger partial charge on any atom is -0.355 e. The van der Waals surface area contributed by atoms with Crippen molar-refractivity contribution in [3.63, 3.8) is 0 Å². The van der Waals surface area contributed by atoms with E-state index in [1.54, 1.807) is 0 Å². The van der Waals surface area contributed by atoms with Crippen LogP contribution < -0.4 is 10.6 Å². The average molecular weight is 278 g/mol. The van der Waals surface area contributed by atoms with E-state index in [-0.39, 0.29) is 0 Å². The molecule has 3 heteroatoms. The summed E-state index contributed by atoms with van der Waals surface area (Å²) in [5.74, 6) is 2.14. The molecule has 3 saturated carbocycles. The molecule has 0 aromatic rings. The fourth-order valence-electron chi connectivity index (χ4n) is 3.79. The first-order valence-electron chi connectivity index (χ1n) is 8.85. The smallest absolute Gasteiger partial charge is 0.223 e. The predicted octanol–water partition coefficient (Wildman–Crippen LogP) is 2.85. The zero-order chi connectivity index (χ0) is 13.8. The van der Waals surface area contributed by atoms with Gasteiger partial charge in [-0.25, -0.2) is 0 Å². The van der Waals surface area contributed by atoms with Gasteiger partial charge < -0.3 is 10.6 Å². The lowest BCUT2D eigenvalue weighted by Gasteiger charge is -2.18. The van der Waals surface area contributed by atoms with Crippen molar-refractivity contribution in [1.29, 1.82) is 0 Å². The van der Waals surface area contributed by atoms with Crippen LogP contribution in [0.3, 0.4) is 0 Å². The zero-order valence-electron chi connectivity index (χ0n) is 12.7. The Morgan fingerprint density at radius 3 is 2.00 bits per heavy atom. The number of hydrogen-bond acceptors (Lipinski definition) is 2. The van der Waals surface area contributed by atoms with Crippen molar-refractivity contribution in [2.75, 3.05) is 13.1 Å². The molecule has 3 fully saturated rings. The summed E-state index contributed by atoms with van der Waals surface area (Å²) in [5, 5.41) is 6.81. The Balaban J connectivity index is 1.31. The van der Waals surface area contributed by atoms with Crippen LogP contribution in [-0.4, -0.2) is 25.0 Å². The third-order valence-corrected chi connectivity index (χ3v) is 5.27. The van der Waals surface area contributed by atoms with Gasteiger partial charge in [0.15, 0.2) is 0 Å². The Kier molecular flexibility index (Phi) is 4.98. The molecule has 3 rings (SSSR count). The molecule has 0 bridgehead atoms. The molecule has 0 spiro atoms. The molecule has 0 aromatic carbocycles. The van der Waals surface area contributed by atoms with E-state index < -0.39 is 0 Å². The van der Waals surface area contributed by atoms with Gasteiger partial charge in [0.25, 0.3) is 0 Å². The highest BCUT2D eigenvalue weighted by atomic mass is 16.1. The molecule has 2 N–H and O–H groups in total. The summed E-state index contributed by atoms with van der Waals surface area (Å²) in [7, 11) is 0. The van der Waals surface area contributed by atoms with Crippen LogP contribution in [-0.2, 0) is 4.79 Å². The first-order chi connectivity index (χ1) is 9.84. The van der Waals surface area contributed by atoms with Gasteiger partial charge in [0.1, 0.15) is 0 Å². The summed E-state index contributed by atoms with van der Waals surface area (Å²) in [6.45, 7) is 1.75. The number of amides is 1. The molecule has 1 amide bonds. The quantitative estimate of drug-likeness (QED) is 0.555. The second-order valence-corrected chi connectivity index (χ2v) is 7.13. The van der Waals surface area contributed by atoms with Gasteiger partial charge in [-0.3, -0.25) is 4.79 Å². The van der Waals surface area contributed by atoms with Gasteiger partial charge >= 0.3 is 0 Å². The summed E-state index contributed by atoms with van der Waals surface area (Å²) in [6, 6.07) is 0.692. The third kappa shape index (κ3) is 4.21. The highest BCUT2D eigenvalue weighted by Crippen LogP contribution is 2.49. The van der Waals surface area contributed by atoms with Crippen molar-refractivity contribution in [1.82, 2.24) is 10.6 Å². The Morgan fingerprint density at radius 1 is 0.850 bits per heavy atom. The Morgan fingerprint density at radius 2 is 1.45 bits per heavy atom. The lowest BCUT2D eigenvalue weighted by molar-refractivity contribution is -0.126. The molecule has 0 aliphatic heterocycles. The van der Waals surface area contributed by atoms with E-state index in [2.05, 4.69) is 10.6 Å². The molecule has 0 aromatic heterocycles. The Bertz CT molecular complexity index is 303. The van der Waals surface area contributed by atoms with Gasteiger partial charge in [-0.2, -0.15) is 0 Å². The Labute approximate surface area is 123 Å². The van der Waals surface area contributed by atoms with Gasteiger partial charge in [0.2, 0.25) is 5.91 Å². The van der Waals surface area contributed by atoms with E-state index in [4.69, 9.17) is 0 Å². The first-order valence-corrected chi connectivity index (χ1v) is 8.85. The maximum Gasteiger partial charge on any atom is 0.223 e. The molecule has 20 heavy (non-hydrogen) atoms. The number of rotatable bonds is 7. The maximum absolute atomic E-state index is 12.3. The molecule has 3 aliphatic carbocycles. The molecule has 0 atom stereocenters. The van der Waals surface area contributed by atoms with Crippen LogP contribution in [0.1, 0.15) is 64.2 Å². The summed E-state index contributed by atoms with van der Waals surface area (Å²) in [6.07, 6.45) is 13.3. The predicted molar refractivity (Wildman–Crippen MR) is 81.4 cm³/mol. The molecule has 0 radical (unpaired) electrons. The van der Waals surface area contributed by atoms with Crippen molar-refractivity contribution in [2.45, 2.75) is 70.3 Å². The van der Waals surface area contributed by atoms with Crippen LogP contribution in [0.2, 0.25) is 0 Å². The van der Waals surface area contributed by atoms with E-state index in [9.17, 15) is 4.79 Å². The molecule has 0 saturated heterocycles. The average Bonchev–Trinajstić information content (AvgIpc) is 3.30. The van der Waals surface area contributed by atoms with Crippen molar-refractivity contribution < 1.29 is 4.79 Å². The topological polar surface area (TPSA) is 41.1 Å². The van der Waals surface area contributed by atoms with E-state index in [1.165, 1.54) is 64.2 Å². The van der Waals surface area contributed by atoms with Crippen molar-refractivity contribution in [3.05, 3.63) is 0 Å². The summed E-state index contributed by atoms with van der Waals surface area (Å²) >= 11 is 0. The summed E-state index contributed by atoms with van der Waals surface area (Å²) < 4.78 is 0. The summed E-state index contributed by atoms with van der Waals surface area (Å²) in [5.41, 5.74) is 0. The maximum atomic E-state index is 12.3. The zero-order valence-corrected chi connectivity index (χ0v) is 12.7. The molecular formula is C17H30N2O. The Hall–Kier alpha value is -0.570. The SMILES string of the molecule is O=C(NCCNC1CCCCCC1)C(C1CC1)C1CC1. The molecule has 0 unspecified atom stereocenters. The van der Waals surface area contributed by atoms with E-state index >= 15 is 0 Å². The molecule has 0 heterocycles. The van der Waals surface area contributed by atoms with Crippen molar-refractivity contribution >= 4 is 5.91 Å². The molecule has 3 aliphatic rings. The fourth-order valence-corrected chi connectivity index (χ4v) is 3.79. The fraction of sp³-hybridized carbons (Fsp3) is 0.941. The van der Waals surface area contributed by atoms with Crippen LogP contribution in [0.15, 0.2) is 0 Å².